The van der Waals surface area contributed by atoms with Gasteiger partial charge in [0.1, 0.15) is 5.69 Å². The Morgan fingerprint density at radius 3 is 2.74 bits per heavy atom. The SMILES string of the molecule is O=[N+]([O-])c1cccc(C=NNc2nnc(-c3ncc[nH]3)c3ccccc23)c1. The molecule has 132 valence electrons. The minimum Gasteiger partial charge on any atom is -0.343 e. The highest BCUT2D eigenvalue weighted by atomic mass is 16.6. The second kappa shape index (κ2) is 7.00. The molecule has 2 heterocycles. The monoisotopic (exact) mass is 359 g/mol. The summed E-state index contributed by atoms with van der Waals surface area (Å²) >= 11 is 0. The summed E-state index contributed by atoms with van der Waals surface area (Å²) in [5.74, 6) is 1.10. The maximum Gasteiger partial charge on any atom is 0.270 e. The molecule has 0 atom stereocenters. The van der Waals surface area contributed by atoms with Gasteiger partial charge in [-0.3, -0.25) is 15.5 Å². The first-order valence-electron chi connectivity index (χ1n) is 8.01. The highest BCUT2D eigenvalue weighted by Crippen LogP contribution is 2.27. The number of aromatic amines is 1. The van der Waals surface area contributed by atoms with Crippen molar-refractivity contribution in [2.45, 2.75) is 0 Å². The lowest BCUT2D eigenvalue weighted by molar-refractivity contribution is -0.384. The molecule has 0 radical (unpaired) electrons. The predicted octanol–water partition coefficient (Wildman–Crippen LogP) is 3.37. The van der Waals surface area contributed by atoms with Gasteiger partial charge in [-0.25, -0.2) is 4.98 Å². The van der Waals surface area contributed by atoms with Gasteiger partial charge in [-0.2, -0.15) is 5.10 Å². The summed E-state index contributed by atoms with van der Waals surface area (Å²) in [6, 6.07) is 13.8. The number of hydrogen-bond donors (Lipinski definition) is 2. The molecule has 2 N–H and O–H groups in total. The van der Waals surface area contributed by atoms with Crippen molar-refractivity contribution < 1.29 is 4.92 Å². The Balaban J connectivity index is 1.64. The molecule has 27 heavy (non-hydrogen) atoms. The second-order valence-electron chi connectivity index (χ2n) is 5.60. The van der Waals surface area contributed by atoms with Crippen LogP contribution in [-0.2, 0) is 0 Å². The molecule has 2 aromatic heterocycles. The number of nitro groups is 1. The topological polar surface area (TPSA) is 122 Å². The number of fused-ring (bicyclic) bond motifs is 1. The molecule has 0 aliphatic carbocycles. The van der Waals surface area contributed by atoms with Crippen LogP contribution in [0.15, 0.2) is 66.0 Å². The van der Waals surface area contributed by atoms with Crippen molar-refractivity contribution in [2.75, 3.05) is 5.43 Å². The largest absolute Gasteiger partial charge is 0.343 e. The summed E-state index contributed by atoms with van der Waals surface area (Å²) in [7, 11) is 0. The van der Waals surface area contributed by atoms with Crippen molar-refractivity contribution in [1.29, 1.82) is 0 Å². The van der Waals surface area contributed by atoms with Crippen LogP contribution in [0.3, 0.4) is 0 Å². The number of benzene rings is 2. The number of imidazole rings is 1. The minimum atomic E-state index is -0.447. The van der Waals surface area contributed by atoms with E-state index in [4.69, 9.17) is 0 Å². The molecule has 4 aromatic rings. The maximum absolute atomic E-state index is 10.8. The van der Waals surface area contributed by atoms with Gasteiger partial charge in [-0.1, -0.05) is 36.4 Å². The van der Waals surface area contributed by atoms with E-state index in [1.54, 1.807) is 24.5 Å². The van der Waals surface area contributed by atoms with Crippen molar-refractivity contribution in [3.05, 3.63) is 76.6 Å². The normalized spacial score (nSPS) is 11.1. The van der Waals surface area contributed by atoms with E-state index < -0.39 is 4.92 Å². The Kier molecular flexibility index (Phi) is 4.24. The number of anilines is 1. The molecule has 9 heteroatoms. The van der Waals surface area contributed by atoms with E-state index in [0.717, 1.165) is 10.8 Å². The molecule has 0 fully saturated rings. The van der Waals surface area contributed by atoms with Crippen molar-refractivity contribution in [3.63, 3.8) is 0 Å². The fourth-order valence-corrected chi connectivity index (χ4v) is 2.64. The Labute approximate surface area is 152 Å². The first-order chi connectivity index (χ1) is 13.2. The third kappa shape index (κ3) is 3.33. The van der Waals surface area contributed by atoms with Crippen molar-refractivity contribution in [2.24, 2.45) is 5.10 Å². The number of nitrogens with zero attached hydrogens (tertiary/aromatic N) is 5. The van der Waals surface area contributed by atoms with E-state index >= 15 is 0 Å². The van der Waals surface area contributed by atoms with Crippen LogP contribution in [0.1, 0.15) is 5.56 Å². The fourth-order valence-electron chi connectivity index (χ4n) is 2.64. The van der Waals surface area contributed by atoms with E-state index in [1.165, 1.54) is 18.3 Å². The van der Waals surface area contributed by atoms with Crippen molar-refractivity contribution in [1.82, 2.24) is 20.2 Å². The van der Waals surface area contributed by atoms with Gasteiger partial charge in [0.2, 0.25) is 0 Å². The number of aromatic nitrogens is 4. The second-order valence-corrected chi connectivity index (χ2v) is 5.60. The molecule has 0 aliphatic heterocycles. The Hall–Kier alpha value is -4.14. The quantitative estimate of drug-likeness (QED) is 0.320. The van der Waals surface area contributed by atoms with Crippen LogP contribution in [0.2, 0.25) is 0 Å². The third-order valence-electron chi connectivity index (χ3n) is 3.87. The lowest BCUT2D eigenvalue weighted by Crippen LogP contribution is -1.99. The molecular formula is C18H13N7O2. The van der Waals surface area contributed by atoms with Gasteiger partial charge in [0.25, 0.3) is 5.69 Å². The molecule has 2 aromatic carbocycles. The van der Waals surface area contributed by atoms with Crippen LogP contribution in [0.5, 0.6) is 0 Å². The maximum atomic E-state index is 10.8. The summed E-state index contributed by atoms with van der Waals surface area (Å²) in [6.45, 7) is 0. The Morgan fingerprint density at radius 2 is 1.96 bits per heavy atom. The van der Waals surface area contributed by atoms with E-state index in [2.05, 4.69) is 30.7 Å². The van der Waals surface area contributed by atoms with Crippen molar-refractivity contribution >= 4 is 28.5 Å². The molecule has 0 bridgehead atoms. The fraction of sp³-hybridized carbons (Fsp3) is 0. The number of non-ortho nitro benzene ring substituents is 1. The van der Waals surface area contributed by atoms with Gasteiger partial charge < -0.3 is 4.98 Å². The van der Waals surface area contributed by atoms with Gasteiger partial charge in [0.05, 0.1) is 11.1 Å². The first-order valence-corrected chi connectivity index (χ1v) is 8.01. The number of hydrazone groups is 1. The number of hydrogen-bond acceptors (Lipinski definition) is 7. The van der Waals surface area contributed by atoms with Gasteiger partial charge >= 0.3 is 0 Å². The average molecular weight is 359 g/mol. The van der Waals surface area contributed by atoms with Crippen LogP contribution in [-0.4, -0.2) is 31.3 Å². The average Bonchev–Trinajstić information content (AvgIpc) is 3.23. The summed E-state index contributed by atoms with van der Waals surface area (Å²) in [4.78, 5) is 17.6. The molecule has 4 rings (SSSR count). The summed E-state index contributed by atoms with van der Waals surface area (Å²) in [5, 5.41) is 25.1. The number of H-pyrrole nitrogens is 1. The van der Waals surface area contributed by atoms with E-state index in [-0.39, 0.29) is 5.69 Å². The lowest BCUT2D eigenvalue weighted by Gasteiger charge is -2.07. The summed E-state index contributed by atoms with van der Waals surface area (Å²) in [5.41, 5.74) is 4.10. The standard InChI is InChI=1S/C18H13N7O2/c26-25(27)13-5-3-4-12(10-13)11-21-23-17-15-7-2-1-6-14(15)16(22-24-17)18-19-8-9-20-18/h1-11H,(H,19,20)(H,23,24). The molecular weight excluding hydrogens is 346 g/mol. The van der Waals surface area contributed by atoms with Crippen molar-refractivity contribution in [3.8, 4) is 11.5 Å². The molecule has 9 nitrogen and oxygen atoms in total. The minimum absolute atomic E-state index is 0.00647. The van der Waals surface area contributed by atoms with E-state index in [9.17, 15) is 10.1 Å². The van der Waals surface area contributed by atoms with Gasteiger partial charge in [-0.05, 0) is 0 Å². The zero-order valence-electron chi connectivity index (χ0n) is 13.9. The van der Waals surface area contributed by atoms with Crippen LogP contribution in [0.4, 0.5) is 11.5 Å². The van der Waals surface area contributed by atoms with Crippen LogP contribution < -0.4 is 5.43 Å². The Morgan fingerprint density at radius 1 is 1.11 bits per heavy atom. The highest BCUT2D eigenvalue weighted by molar-refractivity contribution is 5.99. The summed E-state index contributed by atoms with van der Waals surface area (Å²) < 4.78 is 0. The lowest BCUT2D eigenvalue weighted by atomic mass is 10.1. The van der Waals surface area contributed by atoms with Crippen LogP contribution in [0, 0.1) is 10.1 Å². The third-order valence-corrected chi connectivity index (χ3v) is 3.87. The zero-order valence-corrected chi connectivity index (χ0v) is 13.9. The van der Waals surface area contributed by atoms with E-state index in [1.807, 2.05) is 24.3 Å². The number of nitrogens with one attached hydrogen (secondary N) is 2. The van der Waals surface area contributed by atoms with Crippen LogP contribution >= 0.6 is 0 Å². The Bertz CT molecular complexity index is 1140. The molecule has 0 saturated carbocycles. The number of nitro benzene ring substituents is 1. The van der Waals surface area contributed by atoms with E-state index in [0.29, 0.717) is 22.9 Å². The van der Waals surface area contributed by atoms with Gasteiger partial charge in [0, 0.05) is 40.9 Å². The highest BCUT2D eigenvalue weighted by Gasteiger charge is 2.12. The zero-order chi connectivity index (χ0) is 18.6. The molecule has 0 spiro atoms. The molecule has 0 amide bonds. The molecule has 0 saturated heterocycles. The first kappa shape index (κ1) is 16.3. The molecule has 0 unspecified atom stereocenters. The van der Waals surface area contributed by atoms with Crippen LogP contribution in [0.25, 0.3) is 22.3 Å². The van der Waals surface area contributed by atoms with Gasteiger partial charge in [-0.15, -0.1) is 10.2 Å². The predicted molar refractivity (Wildman–Crippen MR) is 101 cm³/mol. The summed E-state index contributed by atoms with van der Waals surface area (Å²) in [6.07, 6.45) is 4.87. The smallest absolute Gasteiger partial charge is 0.270 e. The molecule has 0 aliphatic rings. The van der Waals surface area contributed by atoms with Gasteiger partial charge in [0.15, 0.2) is 11.6 Å². The number of rotatable bonds is 5.